The van der Waals surface area contributed by atoms with E-state index >= 15 is 0 Å². The maximum atomic E-state index is 11.7. The summed E-state index contributed by atoms with van der Waals surface area (Å²) < 4.78 is 20.9. The number of rotatable bonds is 10. The molecule has 8 nitrogen and oxygen atoms in total. The zero-order valence-electron chi connectivity index (χ0n) is 15.6. The van der Waals surface area contributed by atoms with Crippen LogP contribution in [0, 0.1) is 0 Å². The van der Waals surface area contributed by atoms with E-state index in [1.54, 1.807) is 12.1 Å². The summed E-state index contributed by atoms with van der Waals surface area (Å²) >= 11 is 0. The molecule has 2 amide bonds. The van der Waals surface area contributed by atoms with Crippen LogP contribution in [0.2, 0.25) is 0 Å². The average molecular weight is 366 g/mol. The van der Waals surface area contributed by atoms with Gasteiger partial charge in [-0.1, -0.05) is 12.7 Å². The molecule has 0 aliphatic carbocycles. The van der Waals surface area contributed by atoms with Gasteiger partial charge in [0.1, 0.15) is 6.61 Å². The van der Waals surface area contributed by atoms with E-state index in [4.69, 9.17) is 18.9 Å². The lowest BCUT2D eigenvalue weighted by Crippen LogP contribution is -2.35. The predicted molar refractivity (Wildman–Crippen MR) is 97.1 cm³/mol. The molecule has 2 N–H and O–H groups in total. The van der Waals surface area contributed by atoms with Gasteiger partial charge in [-0.05, 0) is 17.7 Å². The molecule has 0 aliphatic rings. The minimum absolute atomic E-state index is 0.117. The van der Waals surface area contributed by atoms with Crippen molar-refractivity contribution in [2.75, 3.05) is 41.0 Å². The van der Waals surface area contributed by atoms with E-state index in [-0.39, 0.29) is 25.0 Å². The quantitative estimate of drug-likeness (QED) is 0.614. The Balaban J connectivity index is 3.06. The summed E-state index contributed by atoms with van der Waals surface area (Å²) in [6.45, 7) is 5.59. The minimum atomic E-state index is -0.565. The van der Waals surface area contributed by atoms with Crippen molar-refractivity contribution in [1.29, 1.82) is 0 Å². The first-order valence-corrected chi connectivity index (χ1v) is 8.02. The van der Waals surface area contributed by atoms with Crippen LogP contribution in [-0.4, -0.2) is 53.0 Å². The van der Waals surface area contributed by atoms with Gasteiger partial charge in [0.2, 0.25) is 11.7 Å². The van der Waals surface area contributed by atoms with Crippen molar-refractivity contribution in [2.45, 2.75) is 12.8 Å². The highest BCUT2D eigenvalue weighted by Crippen LogP contribution is 2.39. The molecule has 0 fully saturated rings. The maximum Gasteiger partial charge on any atom is 0.407 e. The van der Waals surface area contributed by atoms with E-state index < -0.39 is 6.09 Å². The number of nitrogens with one attached hydrogen (secondary N) is 2. The van der Waals surface area contributed by atoms with E-state index in [9.17, 15) is 9.59 Å². The summed E-state index contributed by atoms with van der Waals surface area (Å²) in [6.07, 6.45) is 0.915. The molecule has 144 valence electrons. The summed E-state index contributed by atoms with van der Waals surface area (Å²) in [4.78, 5) is 23.0. The average Bonchev–Trinajstić information content (AvgIpc) is 2.64. The lowest BCUT2D eigenvalue weighted by Gasteiger charge is -2.21. The Labute approximate surface area is 153 Å². The SMILES string of the molecule is C=CCOC(=O)NC[C@@H](CNC(C)=O)c1cc(OC)c(OC)c(OC)c1. The van der Waals surface area contributed by atoms with Crippen LogP contribution in [-0.2, 0) is 9.53 Å². The molecule has 1 atom stereocenters. The van der Waals surface area contributed by atoms with Gasteiger partial charge in [0, 0.05) is 25.9 Å². The monoisotopic (exact) mass is 366 g/mol. The fraction of sp³-hybridized carbons (Fsp3) is 0.444. The molecule has 0 bridgehead atoms. The number of hydrogen-bond donors (Lipinski definition) is 2. The molecule has 0 aromatic heterocycles. The lowest BCUT2D eigenvalue weighted by atomic mass is 9.97. The molecule has 1 aromatic carbocycles. The van der Waals surface area contributed by atoms with E-state index in [0.29, 0.717) is 23.8 Å². The van der Waals surface area contributed by atoms with E-state index in [2.05, 4.69) is 17.2 Å². The van der Waals surface area contributed by atoms with Gasteiger partial charge in [-0.3, -0.25) is 4.79 Å². The number of methoxy groups -OCH3 is 3. The summed E-state index contributed by atoms with van der Waals surface area (Å²) in [5, 5.41) is 5.42. The normalized spacial score (nSPS) is 11.1. The molecule has 0 aliphatic heterocycles. The molecule has 0 unspecified atom stereocenters. The second-order valence-electron chi connectivity index (χ2n) is 5.36. The third-order valence-corrected chi connectivity index (χ3v) is 3.58. The highest BCUT2D eigenvalue weighted by molar-refractivity contribution is 5.73. The van der Waals surface area contributed by atoms with Crippen LogP contribution >= 0.6 is 0 Å². The number of alkyl carbamates (subject to hydrolysis) is 1. The van der Waals surface area contributed by atoms with Gasteiger partial charge >= 0.3 is 6.09 Å². The van der Waals surface area contributed by atoms with E-state index in [1.165, 1.54) is 34.3 Å². The molecular weight excluding hydrogens is 340 g/mol. The zero-order valence-corrected chi connectivity index (χ0v) is 15.6. The maximum absolute atomic E-state index is 11.7. The molecule has 1 rings (SSSR count). The van der Waals surface area contributed by atoms with Crippen LogP contribution in [0.15, 0.2) is 24.8 Å². The lowest BCUT2D eigenvalue weighted by molar-refractivity contribution is -0.119. The van der Waals surface area contributed by atoms with Crippen LogP contribution in [0.5, 0.6) is 17.2 Å². The number of benzene rings is 1. The van der Waals surface area contributed by atoms with Crippen molar-refractivity contribution in [3.8, 4) is 17.2 Å². The van der Waals surface area contributed by atoms with Crippen molar-refractivity contribution < 1.29 is 28.5 Å². The topological polar surface area (TPSA) is 95.1 Å². The van der Waals surface area contributed by atoms with Crippen LogP contribution in [0.3, 0.4) is 0 Å². The number of amides is 2. The molecule has 26 heavy (non-hydrogen) atoms. The highest BCUT2D eigenvalue weighted by Gasteiger charge is 2.20. The van der Waals surface area contributed by atoms with Gasteiger partial charge < -0.3 is 29.6 Å². The molecule has 1 aromatic rings. The molecular formula is C18H26N2O6. The van der Waals surface area contributed by atoms with Crippen LogP contribution in [0.1, 0.15) is 18.4 Å². The molecule has 0 heterocycles. The third kappa shape index (κ3) is 6.19. The van der Waals surface area contributed by atoms with E-state index in [1.807, 2.05) is 0 Å². The second-order valence-corrected chi connectivity index (χ2v) is 5.36. The molecule has 0 saturated carbocycles. The predicted octanol–water partition coefficient (Wildman–Crippen LogP) is 1.84. The molecule has 0 saturated heterocycles. The van der Waals surface area contributed by atoms with E-state index in [0.717, 1.165) is 5.56 Å². The Morgan fingerprint density at radius 2 is 1.65 bits per heavy atom. The summed E-state index contributed by atoms with van der Waals surface area (Å²) in [7, 11) is 4.57. The van der Waals surface area contributed by atoms with Crippen molar-refractivity contribution >= 4 is 12.0 Å². The van der Waals surface area contributed by atoms with Crippen molar-refractivity contribution in [2.24, 2.45) is 0 Å². The van der Waals surface area contributed by atoms with Gasteiger partial charge in [0.25, 0.3) is 0 Å². The number of hydrogen-bond acceptors (Lipinski definition) is 6. The van der Waals surface area contributed by atoms with Crippen LogP contribution in [0.25, 0.3) is 0 Å². The Hall–Kier alpha value is -2.90. The van der Waals surface area contributed by atoms with Crippen molar-refractivity contribution in [3.05, 3.63) is 30.4 Å². The zero-order chi connectivity index (χ0) is 19.5. The molecule has 8 heteroatoms. The smallest absolute Gasteiger partial charge is 0.407 e. The van der Waals surface area contributed by atoms with Crippen molar-refractivity contribution in [1.82, 2.24) is 10.6 Å². The first kappa shape index (κ1) is 21.1. The Morgan fingerprint density at radius 3 is 2.12 bits per heavy atom. The molecule has 0 radical (unpaired) electrons. The number of carbonyl (C=O) groups excluding carboxylic acids is 2. The Morgan fingerprint density at radius 1 is 1.08 bits per heavy atom. The highest BCUT2D eigenvalue weighted by atomic mass is 16.5. The summed E-state index contributed by atoms with van der Waals surface area (Å²) in [5.41, 5.74) is 0.803. The van der Waals surface area contributed by atoms with Gasteiger partial charge in [-0.25, -0.2) is 4.79 Å². The second kappa shape index (κ2) is 10.9. The van der Waals surface area contributed by atoms with Gasteiger partial charge in [0.15, 0.2) is 11.5 Å². The fourth-order valence-electron chi connectivity index (χ4n) is 2.30. The minimum Gasteiger partial charge on any atom is -0.493 e. The third-order valence-electron chi connectivity index (χ3n) is 3.58. The molecule has 0 spiro atoms. The standard InChI is InChI=1S/C18H26N2O6/c1-6-7-26-18(22)20-11-14(10-19-12(2)21)13-8-15(23-3)17(25-5)16(9-13)24-4/h6,8-9,14H,1,7,10-11H2,2-5H3,(H,19,21)(H,20,22)/t14-/m1/s1. The summed E-state index contributed by atoms with van der Waals surface area (Å²) in [5.74, 6) is 1.05. The fourth-order valence-corrected chi connectivity index (χ4v) is 2.30. The number of ether oxygens (including phenoxy) is 4. The van der Waals surface area contributed by atoms with Gasteiger partial charge in [-0.15, -0.1) is 0 Å². The van der Waals surface area contributed by atoms with Crippen LogP contribution in [0.4, 0.5) is 4.79 Å². The van der Waals surface area contributed by atoms with Crippen molar-refractivity contribution in [3.63, 3.8) is 0 Å². The Kier molecular flexibility index (Phi) is 8.83. The Bertz CT molecular complexity index is 607. The number of carbonyl (C=O) groups is 2. The van der Waals surface area contributed by atoms with Gasteiger partial charge in [-0.2, -0.15) is 0 Å². The van der Waals surface area contributed by atoms with Crippen LogP contribution < -0.4 is 24.8 Å². The largest absolute Gasteiger partial charge is 0.493 e. The van der Waals surface area contributed by atoms with Gasteiger partial charge in [0.05, 0.1) is 21.3 Å². The summed E-state index contributed by atoms with van der Waals surface area (Å²) in [6, 6.07) is 3.56. The first-order valence-electron chi connectivity index (χ1n) is 8.02. The first-order chi connectivity index (χ1) is 12.5.